The zero-order valence-electron chi connectivity index (χ0n) is 17.9. The van der Waals surface area contributed by atoms with Gasteiger partial charge < -0.3 is 23.2 Å². The van der Waals surface area contributed by atoms with Gasteiger partial charge in [-0.3, -0.25) is 0 Å². The molecule has 7 heteroatoms. The Bertz CT molecular complexity index is 1030. The molecule has 29 heavy (non-hydrogen) atoms. The highest BCUT2D eigenvalue weighted by Gasteiger charge is 2.52. The molecule has 0 unspecified atom stereocenters. The highest BCUT2D eigenvalue weighted by Crippen LogP contribution is 2.37. The van der Waals surface area contributed by atoms with Crippen LogP contribution in [0.5, 0.6) is 5.75 Å². The summed E-state index contributed by atoms with van der Waals surface area (Å²) in [4.78, 5) is 4.49. The maximum atomic E-state index is 6.22. The van der Waals surface area contributed by atoms with Crippen molar-refractivity contribution in [1.29, 1.82) is 0 Å². The molecule has 4 rings (SSSR count). The van der Waals surface area contributed by atoms with Crippen molar-refractivity contribution in [3.63, 3.8) is 0 Å². The minimum Gasteiger partial charge on any atom is -0.468 e. The number of rotatable bonds is 5. The summed E-state index contributed by atoms with van der Waals surface area (Å²) in [5, 5.41) is 0. The number of ether oxygens (including phenoxy) is 2. The molecule has 152 valence electrons. The van der Waals surface area contributed by atoms with Gasteiger partial charge in [-0.2, -0.15) is 0 Å². The SMILES string of the molecule is COCOc1cc(-c2ccc3nc(C)cn3c2)ccc1B1OC(C)(C)C(C)(C)O1. The van der Waals surface area contributed by atoms with Crippen LogP contribution in [0.25, 0.3) is 16.8 Å². The second-order valence-corrected chi connectivity index (χ2v) is 8.46. The van der Waals surface area contributed by atoms with Crippen molar-refractivity contribution in [2.24, 2.45) is 0 Å². The highest BCUT2D eigenvalue weighted by atomic mass is 16.7. The second kappa shape index (κ2) is 7.16. The fourth-order valence-corrected chi connectivity index (χ4v) is 3.42. The van der Waals surface area contributed by atoms with E-state index in [4.69, 9.17) is 18.8 Å². The molecule has 1 aromatic carbocycles. The van der Waals surface area contributed by atoms with Crippen LogP contribution in [0.1, 0.15) is 33.4 Å². The minimum atomic E-state index is -0.500. The Morgan fingerprint density at radius 3 is 2.38 bits per heavy atom. The van der Waals surface area contributed by atoms with Gasteiger partial charge in [0.15, 0.2) is 6.79 Å². The number of methoxy groups -OCH3 is 1. The highest BCUT2D eigenvalue weighted by molar-refractivity contribution is 6.63. The van der Waals surface area contributed by atoms with Crippen molar-refractivity contribution in [3.05, 3.63) is 48.4 Å². The summed E-state index contributed by atoms with van der Waals surface area (Å²) in [6, 6.07) is 10.1. The van der Waals surface area contributed by atoms with Gasteiger partial charge in [-0.25, -0.2) is 4.98 Å². The molecule has 3 aromatic rings. The van der Waals surface area contributed by atoms with Gasteiger partial charge >= 0.3 is 7.12 Å². The molecule has 0 atom stereocenters. The fraction of sp³-hybridized carbons (Fsp3) is 0.409. The van der Waals surface area contributed by atoms with E-state index in [1.165, 1.54) is 0 Å². The van der Waals surface area contributed by atoms with E-state index in [1.54, 1.807) is 7.11 Å². The van der Waals surface area contributed by atoms with E-state index in [2.05, 4.69) is 23.3 Å². The predicted octanol–water partition coefficient (Wildman–Crippen LogP) is 3.59. The van der Waals surface area contributed by atoms with Crippen molar-refractivity contribution in [3.8, 4) is 16.9 Å². The number of benzene rings is 1. The van der Waals surface area contributed by atoms with Gasteiger partial charge in [-0.15, -0.1) is 0 Å². The van der Waals surface area contributed by atoms with Gasteiger partial charge in [0.1, 0.15) is 11.4 Å². The first-order valence-electron chi connectivity index (χ1n) is 9.77. The number of aryl methyl sites for hydroxylation is 1. The first-order chi connectivity index (χ1) is 13.7. The van der Waals surface area contributed by atoms with Crippen LogP contribution in [0, 0.1) is 6.92 Å². The number of fused-ring (bicyclic) bond motifs is 1. The van der Waals surface area contributed by atoms with Gasteiger partial charge in [0.25, 0.3) is 0 Å². The smallest absolute Gasteiger partial charge is 0.468 e. The van der Waals surface area contributed by atoms with Gasteiger partial charge in [-0.1, -0.05) is 12.1 Å². The Hall–Kier alpha value is -2.35. The van der Waals surface area contributed by atoms with Crippen molar-refractivity contribution in [1.82, 2.24) is 9.38 Å². The molecule has 6 nitrogen and oxygen atoms in total. The van der Waals surface area contributed by atoms with Gasteiger partial charge in [0.2, 0.25) is 0 Å². The van der Waals surface area contributed by atoms with Crippen molar-refractivity contribution in [2.75, 3.05) is 13.9 Å². The lowest BCUT2D eigenvalue weighted by Gasteiger charge is -2.32. The second-order valence-electron chi connectivity index (χ2n) is 8.46. The number of pyridine rings is 1. The van der Waals surface area contributed by atoms with Crippen LogP contribution < -0.4 is 10.2 Å². The first kappa shape index (κ1) is 19.9. The summed E-state index contributed by atoms with van der Waals surface area (Å²) in [6.07, 6.45) is 4.08. The van der Waals surface area contributed by atoms with Crippen LogP contribution in [0.2, 0.25) is 0 Å². The van der Waals surface area contributed by atoms with Crippen LogP contribution in [-0.2, 0) is 14.0 Å². The molecule has 0 spiro atoms. The van der Waals surface area contributed by atoms with E-state index in [0.717, 1.165) is 27.9 Å². The van der Waals surface area contributed by atoms with Gasteiger partial charge in [0, 0.05) is 25.0 Å². The standard InChI is InChI=1S/C22H27BN2O4/c1-15-12-25-13-17(8-10-20(25)24-15)16-7-9-18(19(11-16)27-14-26-6)23-28-21(2,3)22(4,5)29-23/h7-13H,14H2,1-6H3. The molecule has 0 N–H and O–H groups in total. The number of aromatic nitrogens is 2. The number of imidazole rings is 1. The third-order valence-electron chi connectivity index (χ3n) is 5.76. The number of nitrogens with zero attached hydrogens (tertiary/aromatic N) is 2. The van der Waals surface area contributed by atoms with Crippen LogP contribution in [0.3, 0.4) is 0 Å². The average Bonchev–Trinajstić information content (AvgIpc) is 3.13. The van der Waals surface area contributed by atoms with E-state index >= 15 is 0 Å². The summed E-state index contributed by atoms with van der Waals surface area (Å²) >= 11 is 0. The average molecular weight is 394 g/mol. The molecule has 2 aromatic heterocycles. The number of hydrogen-bond acceptors (Lipinski definition) is 5. The van der Waals surface area contributed by atoms with E-state index in [1.807, 2.05) is 63.4 Å². The number of hydrogen-bond donors (Lipinski definition) is 0. The largest absolute Gasteiger partial charge is 0.498 e. The summed E-state index contributed by atoms with van der Waals surface area (Å²) in [6.45, 7) is 10.3. The fourth-order valence-electron chi connectivity index (χ4n) is 3.42. The Balaban J connectivity index is 1.72. The summed E-state index contributed by atoms with van der Waals surface area (Å²) in [5.41, 5.74) is 4.03. The molecule has 3 heterocycles. The lowest BCUT2D eigenvalue weighted by atomic mass is 9.77. The van der Waals surface area contributed by atoms with E-state index in [-0.39, 0.29) is 6.79 Å². The molecule has 1 fully saturated rings. The van der Waals surface area contributed by atoms with Crippen LogP contribution in [0.15, 0.2) is 42.7 Å². The first-order valence-corrected chi connectivity index (χ1v) is 9.77. The molecule has 1 aliphatic rings. The Kier molecular flexibility index (Phi) is 4.93. The summed E-state index contributed by atoms with van der Waals surface area (Å²) in [7, 11) is 1.10. The van der Waals surface area contributed by atoms with Gasteiger partial charge in [-0.05, 0) is 63.9 Å². The topological polar surface area (TPSA) is 54.2 Å². The third kappa shape index (κ3) is 3.66. The van der Waals surface area contributed by atoms with Crippen LogP contribution in [0.4, 0.5) is 0 Å². The minimum absolute atomic E-state index is 0.149. The van der Waals surface area contributed by atoms with Crippen LogP contribution >= 0.6 is 0 Å². The quantitative estimate of drug-likeness (QED) is 0.489. The molecule has 0 saturated carbocycles. The molecule has 1 saturated heterocycles. The van der Waals surface area contributed by atoms with E-state index < -0.39 is 18.3 Å². The molecule has 0 radical (unpaired) electrons. The van der Waals surface area contributed by atoms with Crippen molar-refractivity contribution in [2.45, 2.75) is 45.8 Å². The monoisotopic (exact) mass is 394 g/mol. The molecular weight excluding hydrogens is 367 g/mol. The Morgan fingerprint density at radius 1 is 1.00 bits per heavy atom. The lowest BCUT2D eigenvalue weighted by molar-refractivity contribution is 0.00578. The van der Waals surface area contributed by atoms with Crippen molar-refractivity contribution < 1.29 is 18.8 Å². The van der Waals surface area contributed by atoms with Crippen LogP contribution in [-0.4, -0.2) is 41.6 Å². The van der Waals surface area contributed by atoms with Gasteiger partial charge in [0.05, 0.1) is 16.9 Å². The van der Waals surface area contributed by atoms with Crippen molar-refractivity contribution >= 4 is 18.2 Å². The van der Waals surface area contributed by atoms with E-state index in [0.29, 0.717) is 5.75 Å². The summed E-state index contributed by atoms with van der Waals surface area (Å²) in [5.74, 6) is 0.685. The zero-order valence-corrected chi connectivity index (χ0v) is 17.9. The molecule has 0 aliphatic carbocycles. The maximum Gasteiger partial charge on any atom is 0.498 e. The maximum absolute atomic E-state index is 6.22. The third-order valence-corrected chi connectivity index (χ3v) is 5.76. The predicted molar refractivity (Wildman–Crippen MR) is 114 cm³/mol. The normalized spacial score (nSPS) is 17.8. The Labute approximate surface area is 171 Å². The summed E-state index contributed by atoms with van der Waals surface area (Å²) < 4.78 is 25.5. The molecule has 0 amide bonds. The lowest BCUT2D eigenvalue weighted by Crippen LogP contribution is -2.41. The van der Waals surface area contributed by atoms with E-state index in [9.17, 15) is 0 Å². The zero-order chi connectivity index (χ0) is 20.8. The molecule has 0 bridgehead atoms. The molecule has 1 aliphatic heterocycles. The molecular formula is C22H27BN2O4. The Morgan fingerprint density at radius 2 is 1.69 bits per heavy atom.